The molecule has 0 heterocycles. The number of nitrogens with one attached hydrogen (secondary N) is 1. The normalized spacial score (nSPS) is 11.9. The summed E-state index contributed by atoms with van der Waals surface area (Å²) in [6, 6.07) is 27.8. The van der Waals surface area contributed by atoms with Gasteiger partial charge in [0.15, 0.2) is 0 Å². The highest BCUT2D eigenvalue weighted by Crippen LogP contribution is 2.29. The molecule has 0 bridgehead atoms. The number of nitrogens with zero attached hydrogens (tertiary/aromatic N) is 2. The zero-order valence-corrected chi connectivity index (χ0v) is 28.4. The quantitative estimate of drug-likeness (QED) is 0.148. The van der Waals surface area contributed by atoms with E-state index in [1.807, 2.05) is 82.3 Å². The van der Waals surface area contributed by atoms with E-state index in [1.165, 1.54) is 17.0 Å². The number of carbonyl (C=O) groups excluding carboxylic acids is 2. The van der Waals surface area contributed by atoms with Gasteiger partial charge in [-0.3, -0.25) is 13.9 Å². The molecule has 0 aliphatic heterocycles. The zero-order chi connectivity index (χ0) is 33.3. The van der Waals surface area contributed by atoms with E-state index in [9.17, 15) is 18.0 Å². The summed E-state index contributed by atoms with van der Waals surface area (Å²) in [5, 5.41) is 3.39. The average molecular weight is 660 g/mol. The summed E-state index contributed by atoms with van der Waals surface area (Å²) in [6.07, 6.45) is 1.96. The van der Waals surface area contributed by atoms with Crippen molar-refractivity contribution >= 4 is 39.1 Å². The van der Waals surface area contributed by atoms with Gasteiger partial charge in [0.05, 0.1) is 10.6 Å². The first-order valence-electron chi connectivity index (χ1n) is 15.5. The second-order valence-corrected chi connectivity index (χ2v) is 13.9. The summed E-state index contributed by atoms with van der Waals surface area (Å²) in [6.45, 7) is 7.78. The highest BCUT2D eigenvalue weighted by Gasteiger charge is 2.34. The van der Waals surface area contributed by atoms with Crippen LogP contribution in [0.3, 0.4) is 0 Å². The van der Waals surface area contributed by atoms with Crippen molar-refractivity contribution in [2.24, 2.45) is 0 Å². The first kappa shape index (κ1) is 34.7. The van der Waals surface area contributed by atoms with Crippen molar-refractivity contribution in [2.45, 2.75) is 64.4 Å². The molecule has 7 nitrogen and oxygen atoms in total. The van der Waals surface area contributed by atoms with Crippen LogP contribution < -0.4 is 9.62 Å². The van der Waals surface area contributed by atoms with Crippen LogP contribution in [0, 0.1) is 20.8 Å². The van der Waals surface area contributed by atoms with E-state index in [0.29, 0.717) is 11.6 Å². The monoisotopic (exact) mass is 659 g/mol. The van der Waals surface area contributed by atoms with Gasteiger partial charge in [-0.15, -0.1) is 0 Å². The Labute approximate surface area is 278 Å². The Bertz CT molecular complexity index is 1730. The van der Waals surface area contributed by atoms with Gasteiger partial charge < -0.3 is 10.2 Å². The molecule has 46 heavy (non-hydrogen) atoms. The molecule has 0 aliphatic carbocycles. The molecule has 9 heteroatoms. The zero-order valence-electron chi connectivity index (χ0n) is 26.9. The SMILES string of the molecule is CCCCNC(=O)[C@@H](Cc1ccccc1)N(Cc1ccc(C)cc1)C(=O)CN(c1ccc(C)c(Cl)c1)S(=O)(=O)c1ccc(C)cc1. The lowest BCUT2D eigenvalue weighted by Gasteiger charge is -2.34. The number of aryl methyl sites for hydroxylation is 3. The lowest BCUT2D eigenvalue weighted by Crippen LogP contribution is -2.53. The molecule has 0 saturated heterocycles. The lowest BCUT2D eigenvalue weighted by atomic mass is 10.0. The highest BCUT2D eigenvalue weighted by molar-refractivity contribution is 7.92. The Balaban J connectivity index is 1.80. The Morgan fingerprint density at radius 2 is 1.46 bits per heavy atom. The Morgan fingerprint density at radius 1 is 0.826 bits per heavy atom. The van der Waals surface area contributed by atoms with Gasteiger partial charge in [-0.25, -0.2) is 8.42 Å². The smallest absolute Gasteiger partial charge is 0.264 e. The number of rotatable bonds is 14. The minimum absolute atomic E-state index is 0.0471. The van der Waals surface area contributed by atoms with Gasteiger partial charge in [0.1, 0.15) is 12.6 Å². The minimum Gasteiger partial charge on any atom is -0.354 e. The molecule has 0 saturated carbocycles. The van der Waals surface area contributed by atoms with Gasteiger partial charge in [0, 0.05) is 24.5 Å². The third-order valence-electron chi connectivity index (χ3n) is 7.91. The molecule has 0 aliphatic rings. The molecule has 1 atom stereocenters. The van der Waals surface area contributed by atoms with Crippen molar-refractivity contribution in [3.63, 3.8) is 0 Å². The van der Waals surface area contributed by atoms with Crippen molar-refractivity contribution in [1.29, 1.82) is 0 Å². The van der Waals surface area contributed by atoms with Crippen molar-refractivity contribution in [2.75, 3.05) is 17.4 Å². The van der Waals surface area contributed by atoms with Crippen molar-refractivity contribution in [1.82, 2.24) is 10.2 Å². The molecule has 1 N–H and O–H groups in total. The van der Waals surface area contributed by atoms with E-state index >= 15 is 0 Å². The summed E-state index contributed by atoms with van der Waals surface area (Å²) in [5.41, 5.74) is 4.70. The first-order chi connectivity index (χ1) is 22.0. The van der Waals surface area contributed by atoms with Crippen LogP contribution in [0.1, 0.15) is 47.6 Å². The minimum atomic E-state index is -4.20. The molecule has 0 unspecified atom stereocenters. The van der Waals surface area contributed by atoms with E-state index in [2.05, 4.69) is 5.32 Å². The summed E-state index contributed by atoms with van der Waals surface area (Å²) in [4.78, 5) is 30.0. The van der Waals surface area contributed by atoms with E-state index in [4.69, 9.17) is 11.6 Å². The predicted octanol–water partition coefficient (Wildman–Crippen LogP) is 7.02. The van der Waals surface area contributed by atoms with Crippen molar-refractivity contribution < 1.29 is 18.0 Å². The standard InChI is InChI=1S/C37H42ClN3O4S/c1-5-6-22-39-37(43)35(23-30-10-8-7-9-11-30)40(25-31-17-12-27(2)13-18-31)36(42)26-41(32-19-16-29(4)34(38)24-32)46(44,45)33-20-14-28(3)15-21-33/h7-21,24,35H,5-6,22-23,25-26H2,1-4H3,(H,39,43)/t35-/m1/s1. The Hall–Kier alpha value is -4.14. The molecule has 0 spiro atoms. The fraction of sp³-hybridized carbons (Fsp3) is 0.297. The van der Waals surface area contributed by atoms with E-state index in [-0.39, 0.29) is 29.5 Å². The number of anilines is 1. The van der Waals surface area contributed by atoms with Crippen LogP contribution in [-0.2, 0) is 32.6 Å². The van der Waals surface area contributed by atoms with Gasteiger partial charge >= 0.3 is 0 Å². The van der Waals surface area contributed by atoms with Crippen LogP contribution in [0.4, 0.5) is 5.69 Å². The molecule has 0 aromatic heterocycles. The predicted molar refractivity (Wildman–Crippen MR) is 185 cm³/mol. The van der Waals surface area contributed by atoms with E-state index in [1.54, 1.807) is 30.3 Å². The average Bonchev–Trinajstić information content (AvgIpc) is 3.04. The maximum Gasteiger partial charge on any atom is 0.264 e. The molecule has 0 fully saturated rings. The van der Waals surface area contributed by atoms with Crippen LogP contribution in [0.5, 0.6) is 0 Å². The Morgan fingerprint density at radius 3 is 2.07 bits per heavy atom. The Kier molecular flexibility index (Phi) is 12.0. The largest absolute Gasteiger partial charge is 0.354 e. The molecule has 4 rings (SSSR count). The number of amides is 2. The number of carbonyl (C=O) groups is 2. The van der Waals surface area contributed by atoms with Gasteiger partial charge in [-0.1, -0.05) is 109 Å². The number of hydrogen-bond acceptors (Lipinski definition) is 4. The van der Waals surface area contributed by atoms with Crippen LogP contribution in [0.25, 0.3) is 0 Å². The molecule has 242 valence electrons. The van der Waals surface area contributed by atoms with Crippen LogP contribution in [0.15, 0.2) is 102 Å². The van der Waals surface area contributed by atoms with Crippen molar-refractivity contribution in [3.05, 3.63) is 130 Å². The van der Waals surface area contributed by atoms with Crippen LogP contribution >= 0.6 is 11.6 Å². The topological polar surface area (TPSA) is 86.8 Å². The van der Waals surface area contributed by atoms with Gasteiger partial charge in [-0.05, 0) is 68.1 Å². The van der Waals surface area contributed by atoms with Crippen LogP contribution in [-0.4, -0.2) is 44.3 Å². The second-order valence-electron chi connectivity index (χ2n) is 11.6. The second kappa shape index (κ2) is 15.9. The molecule has 0 radical (unpaired) electrons. The summed E-state index contributed by atoms with van der Waals surface area (Å²) in [5.74, 6) is -0.802. The molecule has 2 amide bonds. The van der Waals surface area contributed by atoms with E-state index < -0.39 is 28.5 Å². The third-order valence-corrected chi connectivity index (χ3v) is 10.1. The molecule has 4 aromatic carbocycles. The number of halogens is 1. The van der Waals surface area contributed by atoms with Crippen molar-refractivity contribution in [3.8, 4) is 0 Å². The number of sulfonamides is 1. The fourth-order valence-corrected chi connectivity index (χ4v) is 6.63. The summed E-state index contributed by atoms with van der Waals surface area (Å²) in [7, 11) is -4.20. The lowest BCUT2D eigenvalue weighted by molar-refractivity contribution is -0.140. The summed E-state index contributed by atoms with van der Waals surface area (Å²) < 4.78 is 29.5. The van der Waals surface area contributed by atoms with Crippen LogP contribution in [0.2, 0.25) is 5.02 Å². The fourth-order valence-electron chi connectivity index (χ4n) is 5.05. The summed E-state index contributed by atoms with van der Waals surface area (Å²) >= 11 is 6.47. The van der Waals surface area contributed by atoms with Gasteiger partial charge in [0.2, 0.25) is 11.8 Å². The molecule has 4 aromatic rings. The maximum atomic E-state index is 14.6. The third kappa shape index (κ3) is 8.98. The van der Waals surface area contributed by atoms with Gasteiger partial charge in [-0.2, -0.15) is 0 Å². The number of benzene rings is 4. The van der Waals surface area contributed by atoms with E-state index in [0.717, 1.165) is 45.0 Å². The maximum absolute atomic E-state index is 14.6. The first-order valence-corrected chi connectivity index (χ1v) is 17.3. The number of hydrogen-bond donors (Lipinski definition) is 1. The number of unbranched alkanes of at least 4 members (excludes halogenated alkanes) is 1. The molecular formula is C37H42ClN3O4S. The molecular weight excluding hydrogens is 618 g/mol. The highest BCUT2D eigenvalue weighted by atomic mass is 35.5. The van der Waals surface area contributed by atoms with Gasteiger partial charge in [0.25, 0.3) is 10.0 Å².